The van der Waals surface area contributed by atoms with Crippen LogP contribution in [0.3, 0.4) is 0 Å². The molecule has 0 saturated heterocycles. The summed E-state index contributed by atoms with van der Waals surface area (Å²) >= 11 is 0. The molecular weight excluding hydrogens is 372 g/mol. The van der Waals surface area contributed by atoms with Crippen LogP contribution in [0.2, 0.25) is 0 Å². The molecule has 2 aromatic carbocycles. The summed E-state index contributed by atoms with van der Waals surface area (Å²) in [6.45, 7) is 0. The molecule has 148 valence electrons. The molecule has 7 heteroatoms. The quantitative estimate of drug-likeness (QED) is 0.603. The Morgan fingerprint density at radius 1 is 0.966 bits per heavy atom. The minimum absolute atomic E-state index is 0.123. The van der Waals surface area contributed by atoms with Crippen LogP contribution in [-0.2, 0) is 16.0 Å². The predicted octanol–water partition coefficient (Wildman–Crippen LogP) is 3.05. The summed E-state index contributed by atoms with van der Waals surface area (Å²) in [6.07, 6.45) is 1.70. The van der Waals surface area contributed by atoms with E-state index < -0.39 is 17.9 Å². The molecule has 0 unspecified atom stereocenters. The number of carbonyl (C=O) groups excluding carboxylic acids is 3. The fourth-order valence-corrected chi connectivity index (χ4v) is 2.73. The van der Waals surface area contributed by atoms with E-state index in [0.29, 0.717) is 17.7 Å². The fraction of sp³-hybridized carbons (Fsp3) is 0.136. The van der Waals surface area contributed by atoms with E-state index in [1.165, 1.54) is 19.4 Å². The lowest BCUT2D eigenvalue weighted by Gasteiger charge is -2.18. The average Bonchev–Trinajstić information content (AvgIpc) is 3.29. The molecule has 2 amide bonds. The van der Waals surface area contributed by atoms with Gasteiger partial charge in [0.15, 0.2) is 5.76 Å². The third-order valence-corrected chi connectivity index (χ3v) is 4.22. The maximum absolute atomic E-state index is 12.8. The normalized spacial score (nSPS) is 11.3. The van der Waals surface area contributed by atoms with Gasteiger partial charge in [-0.25, -0.2) is 4.79 Å². The van der Waals surface area contributed by atoms with Crippen molar-refractivity contribution >= 4 is 23.5 Å². The van der Waals surface area contributed by atoms with Gasteiger partial charge in [-0.05, 0) is 42.0 Å². The van der Waals surface area contributed by atoms with Crippen LogP contribution in [0.1, 0.15) is 26.5 Å². The Morgan fingerprint density at radius 3 is 2.31 bits per heavy atom. The van der Waals surface area contributed by atoms with E-state index in [2.05, 4.69) is 15.4 Å². The number of carbonyl (C=O) groups is 3. The summed E-state index contributed by atoms with van der Waals surface area (Å²) in [6, 6.07) is 18.0. The van der Waals surface area contributed by atoms with E-state index in [1.54, 1.807) is 30.3 Å². The van der Waals surface area contributed by atoms with Crippen molar-refractivity contribution in [2.75, 3.05) is 12.4 Å². The molecule has 0 spiro atoms. The molecule has 1 heterocycles. The third kappa shape index (κ3) is 5.32. The van der Waals surface area contributed by atoms with Crippen LogP contribution in [-0.4, -0.2) is 30.9 Å². The summed E-state index contributed by atoms with van der Waals surface area (Å²) in [5.74, 6) is -1.21. The highest BCUT2D eigenvalue weighted by Gasteiger charge is 2.23. The Hall–Kier alpha value is -3.87. The summed E-state index contributed by atoms with van der Waals surface area (Å²) in [5.41, 5.74) is 1.76. The molecule has 0 aliphatic rings. The monoisotopic (exact) mass is 392 g/mol. The summed E-state index contributed by atoms with van der Waals surface area (Å²) in [5, 5.41) is 5.47. The molecule has 3 rings (SSSR count). The van der Waals surface area contributed by atoms with Gasteiger partial charge in [0.25, 0.3) is 5.91 Å². The molecule has 2 N–H and O–H groups in total. The van der Waals surface area contributed by atoms with E-state index in [9.17, 15) is 14.4 Å². The van der Waals surface area contributed by atoms with E-state index in [4.69, 9.17) is 4.42 Å². The first kappa shape index (κ1) is 19.9. The van der Waals surface area contributed by atoms with Gasteiger partial charge in [0.2, 0.25) is 5.91 Å². The van der Waals surface area contributed by atoms with Gasteiger partial charge < -0.3 is 19.8 Å². The molecule has 1 aromatic heterocycles. The lowest BCUT2D eigenvalue weighted by molar-refractivity contribution is -0.118. The molecule has 1 atom stereocenters. The van der Waals surface area contributed by atoms with E-state index in [1.807, 2.05) is 30.3 Å². The number of ether oxygens (including phenoxy) is 1. The highest BCUT2D eigenvalue weighted by Crippen LogP contribution is 2.13. The molecular formula is C22H20N2O5. The fourth-order valence-electron chi connectivity index (χ4n) is 2.73. The number of anilines is 1. The Labute approximate surface area is 167 Å². The van der Waals surface area contributed by atoms with Crippen molar-refractivity contribution in [3.63, 3.8) is 0 Å². The van der Waals surface area contributed by atoms with Gasteiger partial charge in [-0.1, -0.05) is 30.3 Å². The zero-order valence-corrected chi connectivity index (χ0v) is 15.8. The number of furan rings is 1. The zero-order chi connectivity index (χ0) is 20.6. The SMILES string of the molecule is COC(=O)c1ccc(NC(=O)[C@H](Cc2ccccc2)NC(=O)c2ccco2)cc1. The van der Waals surface area contributed by atoms with Gasteiger partial charge in [0.05, 0.1) is 18.9 Å². The number of methoxy groups -OCH3 is 1. The van der Waals surface area contributed by atoms with Crippen LogP contribution in [0.5, 0.6) is 0 Å². The lowest BCUT2D eigenvalue weighted by Crippen LogP contribution is -2.45. The summed E-state index contributed by atoms with van der Waals surface area (Å²) < 4.78 is 9.76. The van der Waals surface area contributed by atoms with E-state index in [-0.39, 0.29) is 11.7 Å². The first-order valence-corrected chi connectivity index (χ1v) is 8.94. The number of nitrogens with one attached hydrogen (secondary N) is 2. The standard InChI is InChI=1S/C22H20N2O5/c1-28-22(27)16-9-11-17(12-10-16)23-20(25)18(14-15-6-3-2-4-7-15)24-21(26)19-8-5-13-29-19/h2-13,18H,14H2,1H3,(H,23,25)(H,24,26)/t18-/m0/s1. The molecule has 7 nitrogen and oxygen atoms in total. The zero-order valence-electron chi connectivity index (χ0n) is 15.8. The first-order chi connectivity index (χ1) is 14.1. The van der Waals surface area contributed by atoms with Gasteiger partial charge in [-0.15, -0.1) is 0 Å². The molecule has 3 aromatic rings. The highest BCUT2D eigenvalue weighted by molar-refractivity contribution is 6.00. The number of hydrogen-bond acceptors (Lipinski definition) is 5. The van der Waals surface area contributed by atoms with Gasteiger partial charge >= 0.3 is 5.97 Å². The van der Waals surface area contributed by atoms with Gasteiger partial charge in [-0.3, -0.25) is 9.59 Å². The number of rotatable bonds is 7. The van der Waals surface area contributed by atoms with Gasteiger partial charge in [0, 0.05) is 12.1 Å². The van der Waals surface area contributed by atoms with Crippen LogP contribution in [0.25, 0.3) is 0 Å². The molecule has 0 saturated carbocycles. The second-order valence-corrected chi connectivity index (χ2v) is 6.25. The van der Waals surface area contributed by atoms with Crippen molar-refractivity contribution in [1.29, 1.82) is 0 Å². The second-order valence-electron chi connectivity index (χ2n) is 6.25. The van der Waals surface area contributed by atoms with Crippen LogP contribution >= 0.6 is 0 Å². The Morgan fingerprint density at radius 2 is 1.69 bits per heavy atom. The number of amides is 2. The molecule has 0 aliphatic heterocycles. The summed E-state index contributed by atoms with van der Waals surface area (Å²) in [7, 11) is 1.30. The van der Waals surface area contributed by atoms with E-state index in [0.717, 1.165) is 5.56 Å². The van der Waals surface area contributed by atoms with Crippen molar-refractivity contribution in [3.05, 3.63) is 89.9 Å². The second kappa shape index (κ2) is 9.36. The Balaban J connectivity index is 1.74. The average molecular weight is 392 g/mol. The third-order valence-electron chi connectivity index (χ3n) is 4.22. The smallest absolute Gasteiger partial charge is 0.337 e. The van der Waals surface area contributed by atoms with Crippen LogP contribution in [0, 0.1) is 0 Å². The predicted molar refractivity (Wildman–Crippen MR) is 107 cm³/mol. The molecule has 0 fully saturated rings. The first-order valence-electron chi connectivity index (χ1n) is 8.94. The van der Waals surface area contributed by atoms with Crippen LogP contribution in [0.4, 0.5) is 5.69 Å². The van der Waals surface area contributed by atoms with Crippen molar-refractivity contribution < 1.29 is 23.5 Å². The number of esters is 1. The van der Waals surface area contributed by atoms with Crippen molar-refractivity contribution in [1.82, 2.24) is 5.32 Å². The number of benzene rings is 2. The van der Waals surface area contributed by atoms with Crippen LogP contribution < -0.4 is 10.6 Å². The maximum Gasteiger partial charge on any atom is 0.337 e. The number of hydrogen-bond donors (Lipinski definition) is 2. The van der Waals surface area contributed by atoms with Crippen molar-refractivity contribution in [3.8, 4) is 0 Å². The lowest BCUT2D eigenvalue weighted by atomic mass is 10.0. The Bertz CT molecular complexity index is 966. The van der Waals surface area contributed by atoms with E-state index >= 15 is 0 Å². The van der Waals surface area contributed by atoms with Gasteiger partial charge in [0.1, 0.15) is 6.04 Å². The van der Waals surface area contributed by atoms with Crippen LogP contribution in [0.15, 0.2) is 77.4 Å². The van der Waals surface area contributed by atoms with Crippen molar-refractivity contribution in [2.24, 2.45) is 0 Å². The minimum atomic E-state index is -0.824. The minimum Gasteiger partial charge on any atom is -0.465 e. The van der Waals surface area contributed by atoms with Crippen molar-refractivity contribution in [2.45, 2.75) is 12.5 Å². The van der Waals surface area contributed by atoms with Gasteiger partial charge in [-0.2, -0.15) is 0 Å². The largest absolute Gasteiger partial charge is 0.465 e. The maximum atomic E-state index is 12.8. The molecule has 0 bridgehead atoms. The Kier molecular flexibility index (Phi) is 6.42. The topological polar surface area (TPSA) is 97.6 Å². The summed E-state index contributed by atoms with van der Waals surface area (Å²) in [4.78, 5) is 36.8. The highest BCUT2D eigenvalue weighted by atomic mass is 16.5. The molecule has 0 aliphatic carbocycles. The molecule has 0 radical (unpaired) electrons. The molecule has 29 heavy (non-hydrogen) atoms.